The van der Waals surface area contributed by atoms with Gasteiger partial charge in [-0.05, 0) is 50.1 Å². The standard InChI is InChI=1S/C13H10Br2FNO/c14-9-4-2-5-10(15)12(9)17-7-8-3-1-6-11(16)13(8)18/h1-6,17-18H,7H2. The van der Waals surface area contributed by atoms with Gasteiger partial charge in [-0.3, -0.25) is 0 Å². The molecule has 0 radical (unpaired) electrons. The Morgan fingerprint density at radius 1 is 1.06 bits per heavy atom. The summed E-state index contributed by atoms with van der Waals surface area (Å²) in [4.78, 5) is 0. The summed E-state index contributed by atoms with van der Waals surface area (Å²) in [6.07, 6.45) is 0. The van der Waals surface area contributed by atoms with Crippen LogP contribution in [0.25, 0.3) is 0 Å². The largest absolute Gasteiger partial charge is 0.505 e. The van der Waals surface area contributed by atoms with Gasteiger partial charge >= 0.3 is 0 Å². The summed E-state index contributed by atoms with van der Waals surface area (Å²) in [5, 5.41) is 12.7. The highest BCUT2D eigenvalue weighted by molar-refractivity contribution is 9.11. The summed E-state index contributed by atoms with van der Waals surface area (Å²) in [7, 11) is 0. The van der Waals surface area contributed by atoms with Gasteiger partial charge in [-0.15, -0.1) is 0 Å². The Bertz CT molecular complexity index is 555. The molecule has 0 fully saturated rings. The Hall–Kier alpha value is -1.07. The molecule has 2 aromatic carbocycles. The molecule has 18 heavy (non-hydrogen) atoms. The second kappa shape index (κ2) is 5.71. The van der Waals surface area contributed by atoms with Crippen molar-refractivity contribution in [2.75, 3.05) is 5.32 Å². The van der Waals surface area contributed by atoms with Crippen LogP contribution >= 0.6 is 31.9 Å². The molecule has 0 amide bonds. The molecule has 94 valence electrons. The van der Waals surface area contributed by atoms with E-state index in [4.69, 9.17) is 0 Å². The zero-order valence-electron chi connectivity index (χ0n) is 9.25. The average Bonchev–Trinajstić information content (AvgIpc) is 2.33. The van der Waals surface area contributed by atoms with Crippen molar-refractivity contribution in [2.45, 2.75) is 6.54 Å². The third-order valence-corrected chi connectivity index (χ3v) is 3.81. The third kappa shape index (κ3) is 2.84. The van der Waals surface area contributed by atoms with E-state index < -0.39 is 5.82 Å². The van der Waals surface area contributed by atoms with Gasteiger partial charge in [0, 0.05) is 21.1 Å². The molecule has 0 heterocycles. The first-order valence-electron chi connectivity index (χ1n) is 5.24. The summed E-state index contributed by atoms with van der Waals surface area (Å²) >= 11 is 6.85. The van der Waals surface area contributed by atoms with Gasteiger partial charge in [0.05, 0.1) is 5.69 Å². The summed E-state index contributed by atoms with van der Waals surface area (Å²) in [5.74, 6) is -0.923. The maximum absolute atomic E-state index is 13.2. The fourth-order valence-corrected chi connectivity index (χ4v) is 2.83. The molecule has 0 aliphatic rings. The second-order valence-corrected chi connectivity index (χ2v) is 5.41. The van der Waals surface area contributed by atoms with Crippen LogP contribution in [-0.2, 0) is 6.54 Å². The first-order valence-corrected chi connectivity index (χ1v) is 6.82. The Labute approximate surface area is 121 Å². The van der Waals surface area contributed by atoms with Crippen LogP contribution in [0.5, 0.6) is 5.75 Å². The van der Waals surface area contributed by atoms with E-state index in [0.717, 1.165) is 14.6 Å². The van der Waals surface area contributed by atoms with Crippen molar-refractivity contribution in [2.24, 2.45) is 0 Å². The number of phenolic OH excluding ortho intramolecular Hbond substituents is 1. The van der Waals surface area contributed by atoms with Crippen LogP contribution in [0.4, 0.5) is 10.1 Å². The molecule has 2 nitrogen and oxygen atoms in total. The average molecular weight is 375 g/mol. The van der Waals surface area contributed by atoms with E-state index in [1.165, 1.54) is 6.07 Å². The number of para-hydroxylation sites is 2. The lowest BCUT2D eigenvalue weighted by atomic mass is 10.2. The smallest absolute Gasteiger partial charge is 0.165 e. The van der Waals surface area contributed by atoms with Crippen LogP contribution < -0.4 is 5.32 Å². The van der Waals surface area contributed by atoms with Gasteiger partial charge in [-0.2, -0.15) is 0 Å². The predicted octanol–water partition coefficient (Wildman–Crippen LogP) is 4.67. The van der Waals surface area contributed by atoms with Gasteiger partial charge in [0.15, 0.2) is 11.6 Å². The van der Waals surface area contributed by atoms with E-state index in [1.54, 1.807) is 12.1 Å². The van der Waals surface area contributed by atoms with E-state index in [0.29, 0.717) is 12.1 Å². The quantitative estimate of drug-likeness (QED) is 0.818. The van der Waals surface area contributed by atoms with Gasteiger partial charge in [-0.1, -0.05) is 18.2 Å². The zero-order valence-corrected chi connectivity index (χ0v) is 12.4. The van der Waals surface area contributed by atoms with Crippen molar-refractivity contribution in [3.05, 3.63) is 56.7 Å². The lowest BCUT2D eigenvalue weighted by molar-refractivity contribution is 0.427. The van der Waals surface area contributed by atoms with Crippen LogP contribution in [-0.4, -0.2) is 5.11 Å². The monoisotopic (exact) mass is 373 g/mol. The summed E-state index contributed by atoms with van der Waals surface area (Å²) in [5.41, 5.74) is 1.37. The molecular weight excluding hydrogens is 365 g/mol. The Morgan fingerprint density at radius 3 is 2.33 bits per heavy atom. The minimum atomic E-state index is -0.611. The molecule has 0 aliphatic carbocycles. The number of rotatable bonds is 3. The summed E-state index contributed by atoms with van der Waals surface area (Å²) in [6, 6.07) is 10.2. The number of aromatic hydroxyl groups is 1. The van der Waals surface area contributed by atoms with Crippen molar-refractivity contribution in [3.8, 4) is 5.75 Å². The molecule has 0 bridgehead atoms. The highest BCUT2D eigenvalue weighted by Crippen LogP contribution is 2.31. The van der Waals surface area contributed by atoms with Gasteiger partial charge in [0.1, 0.15) is 0 Å². The minimum Gasteiger partial charge on any atom is -0.505 e. The molecule has 2 rings (SSSR count). The van der Waals surface area contributed by atoms with Crippen molar-refractivity contribution in [1.29, 1.82) is 0 Å². The number of phenols is 1. The summed E-state index contributed by atoms with van der Waals surface area (Å²) < 4.78 is 15.0. The molecule has 0 aromatic heterocycles. The lowest BCUT2D eigenvalue weighted by Gasteiger charge is -2.11. The topological polar surface area (TPSA) is 32.3 Å². The van der Waals surface area contributed by atoms with Crippen molar-refractivity contribution in [3.63, 3.8) is 0 Å². The van der Waals surface area contributed by atoms with E-state index in [9.17, 15) is 9.50 Å². The molecule has 0 spiro atoms. The number of nitrogens with one attached hydrogen (secondary N) is 1. The number of hydrogen-bond acceptors (Lipinski definition) is 2. The Morgan fingerprint density at radius 2 is 1.67 bits per heavy atom. The first kappa shape index (κ1) is 13.4. The molecule has 0 aliphatic heterocycles. The fraction of sp³-hybridized carbons (Fsp3) is 0.0769. The zero-order chi connectivity index (χ0) is 13.1. The van der Waals surface area contributed by atoms with Gasteiger partial charge in [0.25, 0.3) is 0 Å². The fourth-order valence-electron chi connectivity index (χ4n) is 1.55. The Kier molecular flexibility index (Phi) is 4.24. The van der Waals surface area contributed by atoms with E-state index >= 15 is 0 Å². The molecule has 2 N–H and O–H groups in total. The molecule has 0 atom stereocenters. The molecule has 5 heteroatoms. The van der Waals surface area contributed by atoms with Crippen molar-refractivity contribution < 1.29 is 9.50 Å². The van der Waals surface area contributed by atoms with Crippen molar-refractivity contribution in [1.82, 2.24) is 0 Å². The number of halogens is 3. The number of hydrogen-bond donors (Lipinski definition) is 2. The van der Waals surface area contributed by atoms with Gasteiger partial charge in [0.2, 0.25) is 0 Å². The highest BCUT2D eigenvalue weighted by Gasteiger charge is 2.08. The molecular formula is C13H10Br2FNO. The number of anilines is 1. The summed E-state index contributed by atoms with van der Waals surface area (Å²) in [6.45, 7) is 0.338. The number of benzene rings is 2. The van der Waals surface area contributed by atoms with Crippen LogP contribution in [0, 0.1) is 5.82 Å². The van der Waals surface area contributed by atoms with Crippen LogP contribution in [0.3, 0.4) is 0 Å². The minimum absolute atomic E-state index is 0.312. The molecule has 2 aromatic rings. The highest BCUT2D eigenvalue weighted by atomic mass is 79.9. The molecule has 0 unspecified atom stereocenters. The van der Waals surface area contributed by atoms with Crippen molar-refractivity contribution >= 4 is 37.5 Å². The second-order valence-electron chi connectivity index (χ2n) is 3.70. The van der Waals surface area contributed by atoms with Crippen LogP contribution in [0.15, 0.2) is 45.3 Å². The van der Waals surface area contributed by atoms with Gasteiger partial charge < -0.3 is 10.4 Å². The first-order chi connectivity index (χ1) is 8.59. The van der Waals surface area contributed by atoms with E-state index in [1.807, 2.05) is 18.2 Å². The maximum atomic E-state index is 13.2. The third-order valence-electron chi connectivity index (χ3n) is 2.49. The van der Waals surface area contributed by atoms with Crippen LogP contribution in [0.1, 0.15) is 5.56 Å². The molecule has 0 saturated carbocycles. The molecule has 0 saturated heterocycles. The normalized spacial score (nSPS) is 10.4. The SMILES string of the molecule is Oc1c(F)cccc1CNc1c(Br)cccc1Br. The van der Waals surface area contributed by atoms with E-state index in [2.05, 4.69) is 37.2 Å². The van der Waals surface area contributed by atoms with E-state index in [-0.39, 0.29) is 5.75 Å². The predicted molar refractivity (Wildman–Crippen MR) is 77.2 cm³/mol. The van der Waals surface area contributed by atoms with Crippen LogP contribution in [0.2, 0.25) is 0 Å². The lowest BCUT2D eigenvalue weighted by Crippen LogP contribution is -2.01. The Balaban J connectivity index is 2.19. The van der Waals surface area contributed by atoms with Gasteiger partial charge in [-0.25, -0.2) is 4.39 Å². The maximum Gasteiger partial charge on any atom is 0.165 e.